The van der Waals surface area contributed by atoms with Crippen molar-refractivity contribution in [2.45, 2.75) is 50.8 Å². The molecule has 8 N–H and O–H groups in total. The molecule has 2 atom stereocenters. The summed E-state index contributed by atoms with van der Waals surface area (Å²) in [6.45, 7) is -0.780. The highest BCUT2D eigenvalue weighted by Gasteiger charge is 2.25. The number of carbonyl (C=O) groups is 5. The first kappa shape index (κ1) is 34.9. The quantitative estimate of drug-likeness (QED) is 0.0740. The largest absolute Gasteiger partial charge is 0.480 e. The number of imidazole rings is 1. The molecule has 0 radical (unpaired) electrons. The molecule has 236 valence electrons. The van der Waals surface area contributed by atoms with E-state index in [1.165, 1.54) is 12.5 Å². The molecule has 0 aliphatic carbocycles. The summed E-state index contributed by atoms with van der Waals surface area (Å²) in [5.74, 6) is -3.15. The van der Waals surface area contributed by atoms with Gasteiger partial charge in [0.15, 0.2) is 6.04 Å². The monoisotopic (exact) mass is 626 g/mol. The summed E-state index contributed by atoms with van der Waals surface area (Å²) < 4.78 is 20.0. The fourth-order valence-corrected chi connectivity index (χ4v) is 3.84. The molecule has 2 aromatic rings. The number of H-pyrrole nitrogens is 1. The highest BCUT2D eigenvalue weighted by molar-refractivity contribution is 7.46. The topological polar surface area (TPSA) is 258 Å². The van der Waals surface area contributed by atoms with E-state index in [4.69, 9.17) is 19.6 Å². The number of alkyl carbamates (subject to hydrolysis) is 1. The van der Waals surface area contributed by atoms with Gasteiger partial charge in [0.25, 0.3) is 0 Å². The normalized spacial score (nSPS) is 12.4. The Kier molecular flexibility index (Phi) is 14.8. The Morgan fingerprint density at radius 3 is 2.33 bits per heavy atom. The summed E-state index contributed by atoms with van der Waals surface area (Å²) in [6.07, 6.45) is 3.02. The molecular weight excluding hydrogens is 591 g/mol. The van der Waals surface area contributed by atoms with E-state index in [9.17, 15) is 28.5 Å². The Morgan fingerprint density at radius 2 is 1.67 bits per heavy atom. The maximum atomic E-state index is 12.8. The van der Waals surface area contributed by atoms with Crippen molar-refractivity contribution in [3.63, 3.8) is 0 Å². The van der Waals surface area contributed by atoms with Crippen LogP contribution in [0.4, 0.5) is 4.79 Å². The number of aromatic amines is 1. The zero-order valence-corrected chi connectivity index (χ0v) is 24.0. The van der Waals surface area contributed by atoms with Gasteiger partial charge in [-0.2, -0.15) is 0 Å². The predicted molar refractivity (Wildman–Crippen MR) is 148 cm³/mol. The van der Waals surface area contributed by atoms with Crippen LogP contribution < -0.4 is 21.3 Å². The number of hydrogen-bond acceptors (Lipinski definition) is 9. The van der Waals surface area contributed by atoms with Crippen LogP contribution in [0.2, 0.25) is 0 Å². The number of nitrogens with one attached hydrogen (secondary N) is 5. The zero-order valence-electron chi connectivity index (χ0n) is 23.1. The minimum atomic E-state index is -4.91. The Morgan fingerprint density at radius 1 is 0.930 bits per heavy atom. The summed E-state index contributed by atoms with van der Waals surface area (Å²) in [7, 11) is -4.91. The summed E-state index contributed by atoms with van der Waals surface area (Å²) >= 11 is 0. The van der Waals surface area contributed by atoms with Crippen LogP contribution in [0.1, 0.15) is 36.9 Å². The molecule has 1 aromatic carbocycles. The second-order valence-corrected chi connectivity index (χ2v) is 10.4. The minimum Gasteiger partial charge on any atom is -0.480 e. The SMILES string of the molecule is O=C(CCCCNC(=O)[C@H](Cc1cnc[nH]1)NC(=O)OCc1ccccc1)NCCC(=O)N[C@@H](COP(=O)(O)O)C(=O)O. The highest BCUT2D eigenvalue weighted by Crippen LogP contribution is 2.35. The van der Waals surface area contributed by atoms with E-state index < -0.39 is 50.4 Å². The second-order valence-electron chi connectivity index (χ2n) is 9.13. The molecule has 0 spiro atoms. The molecule has 17 nitrogen and oxygen atoms in total. The molecule has 2 rings (SSSR count). The summed E-state index contributed by atoms with van der Waals surface area (Å²) in [5.41, 5.74) is 1.42. The smallest absolute Gasteiger partial charge is 0.469 e. The number of rotatable bonds is 19. The maximum Gasteiger partial charge on any atom is 0.469 e. The van der Waals surface area contributed by atoms with Crippen molar-refractivity contribution in [1.82, 2.24) is 31.2 Å². The van der Waals surface area contributed by atoms with Crippen LogP contribution in [0, 0.1) is 0 Å². The lowest BCUT2D eigenvalue weighted by atomic mass is 10.1. The average Bonchev–Trinajstić information content (AvgIpc) is 3.46. The number of aliphatic carboxylic acids is 1. The van der Waals surface area contributed by atoms with E-state index in [0.29, 0.717) is 18.5 Å². The van der Waals surface area contributed by atoms with Crippen LogP contribution in [0.15, 0.2) is 42.9 Å². The number of phosphoric acid groups is 1. The van der Waals surface area contributed by atoms with Crippen LogP contribution in [-0.2, 0) is 46.0 Å². The molecule has 1 aromatic heterocycles. The van der Waals surface area contributed by atoms with Crippen LogP contribution in [-0.4, -0.2) is 86.4 Å². The van der Waals surface area contributed by atoms with Gasteiger partial charge in [0.05, 0.1) is 12.9 Å². The van der Waals surface area contributed by atoms with E-state index >= 15 is 0 Å². The third kappa shape index (κ3) is 15.5. The Hall–Kier alpha value is -4.31. The summed E-state index contributed by atoms with van der Waals surface area (Å²) in [5, 5.41) is 18.8. The fraction of sp³-hybridized carbons (Fsp3) is 0.440. The van der Waals surface area contributed by atoms with Crippen LogP contribution in [0.25, 0.3) is 0 Å². The van der Waals surface area contributed by atoms with Gasteiger partial charge >= 0.3 is 19.9 Å². The minimum absolute atomic E-state index is 0.0367. The van der Waals surface area contributed by atoms with E-state index in [2.05, 4.69) is 30.4 Å². The third-order valence-electron chi connectivity index (χ3n) is 5.65. The van der Waals surface area contributed by atoms with Crippen LogP contribution in [0.5, 0.6) is 0 Å². The van der Waals surface area contributed by atoms with E-state index in [1.807, 2.05) is 23.5 Å². The number of amides is 4. The van der Waals surface area contributed by atoms with E-state index in [0.717, 1.165) is 5.56 Å². The number of carboxylic acid groups (broad SMARTS) is 1. The van der Waals surface area contributed by atoms with Gasteiger partial charge in [-0.1, -0.05) is 30.3 Å². The number of phosphoric ester groups is 1. The molecule has 0 unspecified atom stereocenters. The second kappa shape index (κ2) is 18.3. The lowest BCUT2D eigenvalue weighted by Crippen LogP contribution is -2.48. The van der Waals surface area contributed by atoms with Gasteiger partial charge in [-0.25, -0.2) is 19.1 Å². The van der Waals surface area contributed by atoms with E-state index in [-0.39, 0.29) is 44.9 Å². The Balaban J connectivity index is 1.67. The summed E-state index contributed by atoms with van der Waals surface area (Å²) in [6, 6.07) is 6.44. The maximum absolute atomic E-state index is 12.8. The Labute approximate surface area is 246 Å². The van der Waals surface area contributed by atoms with Crippen molar-refractivity contribution in [3.8, 4) is 0 Å². The van der Waals surface area contributed by atoms with Crippen molar-refractivity contribution in [3.05, 3.63) is 54.1 Å². The molecule has 18 heteroatoms. The average molecular weight is 627 g/mol. The van der Waals surface area contributed by atoms with Gasteiger partial charge in [-0.15, -0.1) is 0 Å². The lowest BCUT2D eigenvalue weighted by molar-refractivity contribution is -0.142. The number of unbranched alkanes of at least 4 members (excludes halogenated alkanes) is 1. The lowest BCUT2D eigenvalue weighted by Gasteiger charge is -2.18. The summed E-state index contributed by atoms with van der Waals surface area (Å²) in [4.78, 5) is 84.2. The fourth-order valence-electron chi connectivity index (χ4n) is 3.49. The molecule has 1 heterocycles. The number of aromatic nitrogens is 2. The number of carboxylic acids is 1. The van der Waals surface area contributed by atoms with E-state index in [1.54, 1.807) is 12.1 Å². The van der Waals surface area contributed by atoms with Crippen molar-refractivity contribution in [2.24, 2.45) is 0 Å². The van der Waals surface area contributed by atoms with Crippen LogP contribution >= 0.6 is 7.82 Å². The third-order valence-corrected chi connectivity index (χ3v) is 6.13. The number of nitrogens with zero attached hydrogens (tertiary/aromatic N) is 1. The molecule has 0 saturated heterocycles. The highest BCUT2D eigenvalue weighted by atomic mass is 31.2. The molecule has 0 fully saturated rings. The first-order chi connectivity index (χ1) is 20.4. The van der Waals surface area contributed by atoms with Gasteiger partial charge in [0, 0.05) is 44.2 Å². The van der Waals surface area contributed by atoms with Gasteiger partial charge in [-0.05, 0) is 18.4 Å². The Bertz CT molecular complexity index is 1240. The molecular formula is C25H35N6O11P. The van der Waals surface area contributed by atoms with Crippen molar-refractivity contribution >= 4 is 37.6 Å². The van der Waals surface area contributed by atoms with Crippen LogP contribution in [0.3, 0.4) is 0 Å². The molecule has 43 heavy (non-hydrogen) atoms. The first-order valence-electron chi connectivity index (χ1n) is 13.1. The standard InChI is InChI=1S/C25H35N6O11P/c32-21(27-11-9-22(33)30-20(24(35)36)15-42-43(38,39)40)8-4-5-10-28-23(34)19(12-18-13-26-16-29-18)31-25(37)41-14-17-6-2-1-3-7-17/h1-3,6-7,13,16,19-20H,4-5,8-12,14-15H2,(H,26,29)(H,27,32)(H,28,34)(H,30,33)(H,31,37)(H,35,36)(H2,38,39,40)/t19-,20-/m0/s1. The molecule has 0 aliphatic rings. The zero-order chi connectivity index (χ0) is 31.7. The molecule has 0 bridgehead atoms. The number of benzene rings is 1. The molecule has 4 amide bonds. The van der Waals surface area contributed by atoms with Gasteiger partial charge in [0.1, 0.15) is 12.6 Å². The number of hydrogen-bond donors (Lipinski definition) is 8. The molecule has 0 saturated carbocycles. The van der Waals surface area contributed by atoms with Crippen molar-refractivity contribution < 1.29 is 52.7 Å². The predicted octanol–water partition coefficient (Wildman–Crippen LogP) is -0.281. The van der Waals surface area contributed by atoms with Gasteiger partial charge in [0.2, 0.25) is 17.7 Å². The number of carbonyl (C=O) groups excluding carboxylic acids is 4. The number of ether oxygens (including phenoxy) is 1. The van der Waals surface area contributed by atoms with Crippen molar-refractivity contribution in [2.75, 3.05) is 19.7 Å². The first-order valence-corrected chi connectivity index (χ1v) is 14.7. The van der Waals surface area contributed by atoms with Gasteiger partial charge in [-0.3, -0.25) is 18.9 Å². The van der Waals surface area contributed by atoms with Crippen molar-refractivity contribution in [1.29, 1.82) is 0 Å². The van der Waals surface area contributed by atoms with Gasteiger partial charge < -0.3 is 45.9 Å². The molecule has 0 aliphatic heterocycles.